The van der Waals surface area contributed by atoms with Crippen molar-refractivity contribution in [3.8, 4) is 0 Å². The third-order valence-electron chi connectivity index (χ3n) is 2.90. The van der Waals surface area contributed by atoms with Gasteiger partial charge in [-0.05, 0) is 20.4 Å². The summed E-state index contributed by atoms with van der Waals surface area (Å²) in [5, 5.41) is 9.62. The molecular weight excluding hydrogens is 256 g/mol. The van der Waals surface area contributed by atoms with E-state index in [2.05, 4.69) is 20.2 Å². The maximum absolute atomic E-state index is 12.2. The summed E-state index contributed by atoms with van der Waals surface area (Å²) in [5.41, 5.74) is 1.43. The molecule has 7 nitrogen and oxygen atoms in total. The fourth-order valence-corrected chi connectivity index (χ4v) is 3.39. The van der Waals surface area contributed by atoms with Crippen LogP contribution in [0.4, 0.5) is 0 Å². The van der Waals surface area contributed by atoms with E-state index in [1.807, 2.05) is 0 Å². The van der Waals surface area contributed by atoms with E-state index >= 15 is 0 Å². The second-order valence-electron chi connectivity index (χ2n) is 4.34. The van der Waals surface area contributed by atoms with Crippen LogP contribution in [-0.2, 0) is 21.3 Å². The second kappa shape index (κ2) is 5.35. The van der Waals surface area contributed by atoms with Crippen LogP contribution in [0, 0.1) is 6.92 Å². The number of aryl methyl sites for hydroxylation is 1. The first-order chi connectivity index (χ1) is 8.54. The Morgan fingerprint density at radius 2 is 2.33 bits per heavy atom. The van der Waals surface area contributed by atoms with E-state index in [9.17, 15) is 8.42 Å². The van der Waals surface area contributed by atoms with Gasteiger partial charge in [0.15, 0.2) is 5.03 Å². The number of nitrogens with one attached hydrogen (secondary N) is 3. The van der Waals surface area contributed by atoms with Gasteiger partial charge in [0.25, 0.3) is 10.0 Å². The summed E-state index contributed by atoms with van der Waals surface area (Å²) in [7, 11) is -1.82. The van der Waals surface area contributed by atoms with Crippen molar-refractivity contribution >= 4 is 10.0 Å². The zero-order valence-corrected chi connectivity index (χ0v) is 11.3. The smallest absolute Gasteiger partial charge is 0.260 e. The Bertz CT molecular complexity index is 505. The van der Waals surface area contributed by atoms with E-state index in [4.69, 9.17) is 4.74 Å². The maximum Gasteiger partial charge on any atom is 0.260 e. The molecule has 0 bridgehead atoms. The van der Waals surface area contributed by atoms with Crippen molar-refractivity contribution in [1.29, 1.82) is 0 Å². The highest BCUT2D eigenvalue weighted by atomic mass is 32.2. The average Bonchev–Trinajstić information content (AvgIpc) is 2.90. The van der Waals surface area contributed by atoms with Crippen LogP contribution in [-0.4, -0.2) is 44.9 Å². The number of nitrogens with zero attached hydrogens (tertiary/aromatic N) is 1. The first kappa shape index (κ1) is 13.5. The topological polar surface area (TPSA) is 96.1 Å². The first-order valence-corrected chi connectivity index (χ1v) is 7.31. The Kier molecular flexibility index (Phi) is 4.00. The summed E-state index contributed by atoms with van der Waals surface area (Å²) in [4.78, 5) is 0. The highest BCUT2D eigenvalue weighted by molar-refractivity contribution is 7.89. The highest BCUT2D eigenvalue weighted by Gasteiger charge is 2.28. The lowest BCUT2D eigenvalue weighted by molar-refractivity contribution is 0.192. The van der Waals surface area contributed by atoms with Crippen LogP contribution >= 0.6 is 0 Å². The summed E-state index contributed by atoms with van der Waals surface area (Å²) >= 11 is 0. The van der Waals surface area contributed by atoms with Gasteiger partial charge in [-0.25, -0.2) is 13.1 Å². The lowest BCUT2D eigenvalue weighted by atomic mass is 10.3. The van der Waals surface area contributed by atoms with E-state index in [0.29, 0.717) is 31.7 Å². The fraction of sp³-hybridized carbons (Fsp3) is 0.700. The molecule has 1 aromatic rings. The van der Waals surface area contributed by atoms with Crippen LogP contribution in [0.5, 0.6) is 0 Å². The molecule has 1 aliphatic rings. The van der Waals surface area contributed by atoms with Gasteiger partial charge in [0.05, 0.1) is 6.61 Å². The molecule has 102 valence electrons. The van der Waals surface area contributed by atoms with E-state index in [-0.39, 0.29) is 11.1 Å². The minimum atomic E-state index is -3.59. The van der Waals surface area contributed by atoms with Crippen LogP contribution < -0.4 is 10.0 Å². The predicted octanol–water partition coefficient (Wildman–Crippen LogP) is -0.495. The minimum absolute atomic E-state index is 0.0706. The van der Waals surface area contributed by atoms with E-state index < -0.39 is 10.0 Å². The molecule has 1 aromatic heterocycles. The summed E-state index contributed by atoms with van der Waals surface area (Å²) in [6.07, 6.45) is 0.698. The van der Waals surface area contributed by atoms with E-state index in [1.54, 1.807) is 14.0 Å². The Morgan fingerprint density at radius 1 is 1.56 bits per heavy atom. The van der Waals surface area contributed by atoms with Gasteiger partial charge in [-0.3, -0.25) is 5.10 Å². The lowest BCUT2D eigenvalue weighted by Crippen LogP contribution is -2.35. The van der Waals surface area contributed by atoms with Crippen molar-refractivity contribution < 1.29 is 13.2 Å². The Balaban J connectivity index is 2.23. The molecule has 8 heteroatoms. The Labute approximate surface area is 106 Å². The van der Waals surface area contributed by atoms with Gasteiger partial charge >= 0.3 is 0 Å². The number of aromatic nitrogens is 2. The van der Waals surface area contributed by atoms with Crippen molar-refractivity contribution in [3.63, 3.8) is 0 Å². The van der Waals surface area contributed by atoms with Crippen LogP contribution in [0.2, 0.25) is 0 Å². The predicted molar refractivity (Wildman–Crippen MR) is 65.6 cm³/mol. The van der Waals surface area contributed by atoms with Crippen LogP contribution in [0.3, 0.4) is 0 Å². The molecule has 2 heterocycles. The van der Waals surface area contributed by atoms with E-state index in [0.717, 1.165) is 5.69 Å². The standard InChI is InChI=1S/C10H18N4O3S/c1-7-9(5-11-2)10(13-12-7)18(15,16)14-8-3-4-17-6-8/h8,11,14H,3-6H2,1-2H3,(H,12,13). The zero-order valence-electron chi connectivity index (χ0n) is 10.5. The molecule has 1 unspecified atom stereocenters. The van der Waals surface area contributed by atoms with Gasteiger partial charge in [0, 0.05) is 30.5 Å². The van der Waals surface area contributed by atoms with Crippen molar-refractivity contribution in [3.05, 3.63) is 11.3 Å². The largest absolute Gasteiger partial charge is 0.380 e. The molecule has 1 saturated heterocycles. The van der Waals surface area contributed by atoms with Crippen molar-refractivity contribution in [2.75, 3.05) is 20.3 Å². The third kappa shape index (κ3) is 2.72. The first-order valence-electron chi connectivity index (χ1n) is 5.83. The minimum Gasteiger partial charge on any atom is -0.380 e. The summed E-state index contributed by atoms with van der Waals surface area (Å²) in [5.74, 6) is 0. The molecule has 1 fully saturated rings. The number of hydrogen-bond acceptors (Lipinski definition) is 5. The van der Waals surface area contributed by atoms with Gasteiger partial charge in [-0.15, -0.1) is 0 Å². The van der Waals surface area contributed by atoms with E-state index in [1.165, 1.54) is 0 Å². The maximum atomic E-state index is 12.2. The summed E-state index contributed by atoms with van der Waals surface area (Å²) < 4.78 is 32.2. The molecule has 3 N–H and O–H groups in total. The van der Waals surface area contributed by atoms with Crippen molar-refractivity contribution in [1.82, 2.24) is 20.2 Å². The molecule has 0 spiro atoms. The van der Waals surface area contributed by atoms with Crippen LogP contribution in [0.1, 0.15) is 17.7 Å². The summed E-state index contributed by atoms with van der Waals surface area (Å²) in [6.45, 7) is 3.28. The number of ether oxygens (including phenoxy) is 1. The fourth-order valence-electron chi connectivity index (χ4n) is 1.94. The summed E-state index contributed by atoms with van der Waals surface area (Å²) in [6, 6.07) is -0.158. The highest BCUT2D eigenvalue weighted by Crippen LogP contribution is 2.17. The average molecular weight is 274 g/mol. The van der Waals surface area contributed by atoms with Crippen LogP contribution in [0.15, 0.2) is 5.03 Å². The zero-order chi connectivity index (χ0) is 13.2. The Morgan fingerprint density at radius 3 is 2.94 bits per heavy atom. The van der Waals surface area contributed by atoms with Gasteiger partial charge in [0.2, 0.25) is 0 Å². The van der Waals surface area contributed by atoms with Crippen molar-refractivity contribution in [2.24, 2.45) is 0 Å². The quantitative estimate of drug-likeness (QED) is 0.673. The SMILES string of the molecule is CNCc1c(S(=O)(=O)NC2CCOC2)n[nH]c1C. The van der Waals surface area contributed by atoms with Gasteiger partial charge in [-0.1, -0.05) is 0 Å². The Hall–Kier alpha value is -0.960. The molecule has 0 amide bonds. The second-order valence-corrected chi connectivity index (χ2v) is 5.97. The van der Waals surface area contributed by atoms with Crippen molar-refractivity contribution in [2.45, 2.75) is 31.0 Å². The van der Waals surface area contributed by atoms with Gasteiger partial charge in [-0.2, -0.15) is 5.10 Å². The number of aromatic amines is 1. The number of hydrogen-bond donors (Lipinski definition) is 3. The monoisotopic (exact) mass is 274 g/mol. The van der Waals surface area contributed by atoms with Gasteiger partial charge in [0.1, 0.15) is 0 Å². The molecule has 1 aliphatic heterocycles. The van der Waals surface area contributed by atoms with Crippen LogP contribution in [0.25, 0.3) is 0 Å². The third-order valence-corrected chi connectivity index (χ3v) is 4.39. The molecule has 1 atom stereocenters. The molecular formula is C10H18N4O3S. The lowest BCUT2D eigenvalue weighted by Gasteiger charge is -2.11. The normalized spacial score (nSPS) is 20.4. The molecule has 18 heavy (non-hydrogen) atoms. The molecule has 0 radical (unpaired) electrons. The number of H-pyrrole nitrogens is 1. The van der Waals surface area contributed by atoms with Gasteiger partial charge < -0.3 is 10.1 Å². The molecule has 2 rings (SSSR count). The number of sulfonamides is 1. The molecule has 0 aliphatic carbocycles. The molecule has 0 saturated carbocycles. The number of rotatable bonds is 5. The molecule has 0 aromatic carbocycles.